The number of aromatic nitrogens is 2. The second kappa shape index (κ2) is 5.87. The van der Waals surface area contributed by atoms with Crippen LogP contribution in [0.1, 0.15) is 13.3 Å². The van der Waals surface area contributed by atoms with E-state index in [-0.39, 0.29) is 5.82 Å². The standard InChI is InChI=1S/C17H16FN3/c1-2-11-19-16-13-8-4-6-10-15(13)20-17(21-16)12-7-3-5-9-14(12)18/h3-10H,2,11H2,1H3,(H,19,20,21). The summed E-state index contributed by atoms with van der Waals surface area (Å²) in [6, 6.07) is 14.3. The molecule has 2 aromatic carbocycles. The number of anilines is 1. The van der Waals surface area contributed by atoms with Gasteiger partial charge in [0.1, 0.15) is 11.6 Å². The molecule has 0 fully saturated rings. The highest BCUT2D eigenvalue weighted by Gasteiger charge is 2.11. The molecule has 3 nitrogen and oxygen atoms in total. The van der Waals surface area contributed by atoms with Gasteiger partial charge in [-0.2, -0.15) is 0 Å². The van der Waals surface area contributed by atoms with Gasteiger partial charge in [-0.15, -0.1) is 0 Å². The van der Waals surface area contributed by atoms with E-state index >= 15 is 0 Å². The summed E-state index contributed by atoms with van der Waals surface area (Å²) in [7, 11) is 0. The Morgan fingerprint density at radius 3 is 2.57 bits per heavy atom. The zero-order chi connectivity index (χ0) is 14.7. The minimum atomic E-state index is -0.311. The molecule has 0 spiro atoms. The van der Waals surface area contributed by atoms with E-state index in [1.165, 1.54) is 6.07 Å². The first-order valence-electron chi connectivity index (χ1n) is 7.05. The average Bonchev–Trinajstić information content (AvgIpc) is 2.53. The van der Waals surface area contributed by atoms with Gasteiger partial charge >= 0.3 is 0 Å². The molecule has 1 heterocycles. The second-order valence-electron chi connectivity index (χ2n) is 4.82. The molecular weight excluding hydrogens is 265 g/mol. The van der Waals surface area contributed by atoms with Gasteiger partial charge in [0.15, 0.2) is 5.82 Å². The first-order chi connectivity index (χ1) is 10.3. The normalized spacial score (nSPS) is 10.8. The number of nitrogens with zero attached hydrogens (tertiary/aromatic N) is 2. The maximum Gasteiger partial charge on any atom is 0.165 e. The van der Waals surface area contributed by atoms with Crippen LogP contribution in [0.3, 0.4) is 0 Å². The summed E-state index contributed by atoms with van der Waals surface area (Å²) in [5.41, 5.74) is 1.23. The summed E-state index contributed by atoms with van der Waals surface area (Å²) in [6.07, 6.45) is 0.993. The summed E-state index contributed by atoms with van der Waals surface area (Å²) in [6.45, 7) is 2.91. The molecule has 21 heavy (non-hydrogen) atoms. The third-order valence-corrected chi connectivity index (χ3v) is 3.26. The fraction of sp³-hybridized carbons (Fsp3) is 0.176. The van der Waals surface area contributed by atoms with E-state index in [1.54, 1.807) is 18.2 Å². The zero-order valence-electron chi connectivity index (χ0n) is 11.8. The number of benzene rings is 2. The second-order valence-corrected chi connectivity index (χ2v) is 4.82. The molecule has 0 saturated carbocycles. The maximum absolute atomic E-state index is 14.0. The lowest BCUT2D eigenvalue weighted by molar-refractivity contribution is 0.630. The van der Waals surface area contributed by atoms with Crippen LogP contribution in [0, 0.1) is 5.82 Å². The topological polar surface area (TPSA) is 37.8 Å². The minimum Gasteiger partial charge on any atom is -0.369 e. The highest BCUT2D eigenvalue weighted by molar-refractivity contribution is 5.90. The Bertz CT molecular complexity index is 771. The minimum absolute atomic E-state index is 0.311. The third-order valence-electron chi connectivity index (χ3n) is 3.26. The van der Waals surface area contributed by atoms with Crippen LogP contribution in [-0.2, 0) is 0 Å². The van der Waals surface area contributed by atoms with Crippen LogP contribution in [0.2, 0.25) is 0 Å². The van der Waals surface area contributed by atoms with Crippen LogP contribution in [0.25, 0.3) is 22.3 Å². The number of hydrogen-bond acceptors (Lipinski definition) is 3. The van der Waals surface area contributed by atoms with Crippen LogP contribution < -0.4 is 5.32 Å². The molecule has 0 aliphatic heterocycles. The fourth-order valence-electron chi connectivity index (χ4n) is 2.22. The quantitative estimate of drug-likeness (QED) is 0.776. The van der Waals surface area contributed by atoms with Gasteiger partial charge in [0.25, 0.3) is 0 Å². The molecular formula is C17H16FN3. The largest absolute Gasteiger partial charge is 0.369 e. The third kappa shape index (κ3) is 2.70. The predicted molar refractivity (Wildman–Crippen MR) is 83.7 cm³/mol. The highest BCUT2D eigenvalue weighted by atomic mass is 19.1. The summed E-state index contributed by atoms with van der Waals surface area (Å²) in [4.78, 5) is 8.99. The Hall–Kier alpha value is -2.49. The molecule has 4 heteroatoms. The van der Waals surface area contributed by atoms with E-state index in [9.17, 15) is 4.39 Å². The van der Waals surface area contributed by atoms with Crippen LogP contribution in [0.15, 0.2) is 48.5 Å². The van der Waals surface area contributed by atoms with E-state index in [1.807, 2.05) is 24.3 Å². The maximum atomic E-state index is 14.0. The van der Waals surface area contributed by atoms with Crippen LogP contribution in [0.5, 0.6) is 0 Å². The molecule has 1 N–H and O–H groups in total. The Morgan fingerprint density at radius 2 is 1.76 bits per heavy atom. The van der Waals surface area contributed by atoms with Crippen LogP contribution in [0.4, 0.5) is 10.2 Å². The molecule has 3 aromatic rings. The molecule has 1 aromatic heterocycles. The smallest absolute Gasteiger partial charge is 0.165 e. The SMILES string of the molecule is CCCNc1nc(-c2ccccc2F)nc2ccccc12. The first kappa shape index (κ1) is 13.5. The van der Waals surface area contributed by atoms with Crippen molar-refractivity contribution in [3.05, 3.63) is 54.3 Å². The Morgan fingerprint density at radius 1 is 1.00 bits per heavy atom. The number of para-hydroxylation sites is 1. The van der Waals surface area contributed by atoms with Crippen molar-refractivity contribution in [2.45, 2.75) is 13.3 Å². The molecule has 3 rings (SSSR count). The monoisotopic (exact) mass is 281 g/mol. The summed E-state index contributed by atoms with van der Waals surface area (Å²) < 4.78 is 14.0. The lowest BCUT2D eigenvalue weighted by Crippen LogP contribution is -2.05. The Kier molecular flexibility index (Phi) is 3.77. The van der Waals surface area contributed by atoms with Crippen molar-refractivity contribution in [2.75, 3.05) is 11.9 Å². The van der Waals surface area contributed by atoms with Gasteiger partial charge in [-0.05, 0) is 30.7 Å². The number of hydrogen-bond donors (Lipinski definition) is 1. The summed E-state index contributed by atoms with van der Waals surface area (Å²) in [5, 5.41) is 4.24. The van der Waals surface area contributed by atoms with Crippen LogP contribution in [-0.4, -0.2) is 16.5 Å². The van der Waals surface area contributed by atoms with E-state index in [2.05, 4.69) is 22.2 Å². The number of halogens is 1. The molecule has 0 atom stereocenters. The fourth-order valence-corrected chi connectivity index (χ4v) is 2.22. The van der Waals surface area contributed by atoms with Gasteiger partial charge in [-0.3, -0.25) is 0 Å². The van der Waals surface area contributed by atoms with Crippen molar-refractivity contribution < 1.29 is 4.39 Å². The number of rotatable bonds is 4. The van der Waals surface area contributed by atoms with Gasteiger partial charge in [0.05, 0.1) is 11.1 Å². The molecule has 0 aliphatic rings. The lowest BCUT2D eigenvalue weighted by Gasteiger charge is -2.10. The first-order valence-corrected chi connectivity index (χ1v) is 7.05. The van der Waals surface area contributed by atoms with Crippen molar-refractivity contribution in [1.29, 1.82) is 0 Å². The summed E-state index contributed by atoms with van der Waals surface area (Å²) >= 11 is 0. The van der Waals surface area contributed by atoms with E-state index < -0.39 is 0 Å². The predicted octanol–water partition coefficient (Wildman–Crippen LogP) is 4.26. The van der Waals surface area contributed by atoms with E-state index in [0.717, 1.165) is 29.7 Å². The van der Waals surface area contributed by atoms with Crippen molar-refractivity contribution in [2.24, 2.45) is 0 Å². The number of fused-ring (bicyclic) bond motifs is 1. The van der Waals surface area contributed by atoms with E-state index in [4.69, 9.17) is 0 Å². The lowest BCUT2D eigenvalue weighted by atomic mass is 10.1. The Balaban J connectivity index is 2.18. The molecule has 0 unspecified atom stereocenters. The van der Waals surface area contributed by atoms with Gasteiger partial charge in [0.2, 0.25) is 0 Å². The van der Waals surface area contributed by atoms with Crippen molar-refractivity contribution in [3.63, 3.8) is 0 Å². The molecule has 106 valence electrons. The van der Waals surface area contributed by atoms with E-state index in [0.29, 0.717) is 11.4 Å². The molecule has 0 radical (unpaired) electrons. The average molecular weight is 281 g/mol. The van der Waals surface area contributed by atoms with Gasteiger partial charge < -0.3 is 5.32 Å². The molecule has 0 saturated heterocycles. The Labute approximate surface area is 122 Å². The highest BCUT2D eigenvalue weighted by Crippen LogP contribution is 2.26. The zero-order valence-corrected chi connectivity index (χ0v) is 11.8. The molecule has 0 amide bonds. The number of nitrogens with one attached hydrogen (secondary N) is 1. The van der Waals surface area contributed by atoms with Gasteiger partial charge in [-0.25, -0.2) is 14.4 Å². The summed E-state index contributed by atoms with van der Waals surface area (Å²) in [5.74, 6) is 0.848. The van der Waals surface area contributed by atoms with Crippen LogP contribution >= 0.6 is 0 Å². The molecule has 0 bridgehead atoms. The van der Waals surface area contributed by atoms with Crippen molar-refractivity contribution >= 4 is 16.7 Å². The van der Waals surface area contributed by atoms with Gasteiger partial charge in [-0.1, -0.05) is 31.2 Å². The van der Waals surface area contributed by atoms with Gasteiger partial charge in [0, 0.05) is 11.9 Å². The van der Waals surface area contributed by atoms with Crippen molar-refractivity contribution in [1.82, 2.24) is 9.97 Å². The molecule has 0 aliphatic carbocycles. The van der Waals surface area contributed by atoms with Crippen molar-refractivity contribution in [3.8, 4) is 11.4 Å².